The Kier molecular flexibility index (Phi) is 5.88. The van der Waals surface area contributed by atoms with Gasteiger partial charge in [-0.1, -0.05) is 12.1 Å². The number of rotatable bonds is 4. The van der Waals surface area contributed by atoms with Crippen molar-refractivity contribution >= 4 is 12.4 Å². The highest BCUT2D eigenvalue weighted by molar-refractivity contribution is 5.85. The Hall–Kier alpha value is -0.810. The molecule has 102 valence electrons. The number of ether oxygens (including phenoxy) is 1. The van der Waals surface area contributed by atoms with E-state index >= 15 is 0 Å². The first-order valence-electron chi connectivity index (χ1n) is 5.96. The standard InChI is InChI=1S/C13H19NO3.ClH/c1-17-12-8-10(13(15)16)4-5-11(12)9-14-6-2-3-7-14;/h4-5,8,13,15-16H,2-3,6-7,9H2,1H3;1H. The summed E-state index contributed by atoms with van der Waals surface area (Å²) in [4.78, 5) is 2.38. The molecular weight excluding hydrogens is 254 g/mol. The summed E-state index contributed by atoms with van der Waals surface area (Å²) in [7, 11) is 1.61. The summed E-state index contributed by atoms with van der Waals surface area (Å²) >= 11 is 0. The molecular formula is C13H20ClNO3. The lowest BCUT2D eigenvalue weighted by molar-refractivity contribution is -0.0426. The van der Waals surface area contributed by atoms with E-state index in [1.165, 1.54) is 12.8 Å². The minimum atomic E-state index is -1.44. The lowest BCUT2D eigenvalue weighted by Crippen LogP contribution is -2.18. The summed E-state index contributed by atoms with van der Waals surface area (Å²) < 4.78 is 5.30. The van der Waals surface area contributed by atoms with Crippen molar-refractivity contribution in [1.29, 1.82) is 0 Å². The van der Waals surface area contributed by atoms with E-state index in [1.54, 1.807) is 19.2 Å². The van der Waals surface area contributed by atoms with Gasteiger partial charge in [0.05, 0.1) is 7.11 Å². The second kappa shape index (κ2) is 6.95. The topological polar surface area (TPSA) is 52.9 Å². The van der Waals surface area contributed by atoms with Crippen molar-refractivity contribution in [3.05, 3.63) is 29.3 Å². The molecule has 5 heteroatoms. The number of likely N-dealkylation sites (tertiary alicyclic amines) is 1. The number of hydrogen-bond donors (Lipinski definition) is 2. The fourth-order valence-electron chi connectivity index (χ4n) is 2.23. The van der Waals surface area contributed by atoms with Crippen molar-refractivity contribution in [2.24, 2.45) is 0 Å². The van der Waals surface area contributed by atoms with Gasteiger partial charge in [0, 0.05) is 17.7 Å². The highest BCUT2D eigenvalue weighted by atomic mass is 35.5. The first-order chi connectivity index (χ1) is 8.20. The van der Waals surface area contributed by atoms with Crippen molar-refractivity contribution in [3.8, 4) is 5.75 Å². The van der Waals surface area contributed by atoms with Crippen LogP contribution in [0.25, 0.3) is 0 Å². The molecule has 4 nitrogen and oxygen atoms in total. The van der Waals surface area contributed by atoms with Crippen LogP contribution in [0.15, 0.2) is 18.2 Å². The number of hydrogen-bond acceptors (Lipinski definition) is 4. The van der Waals surface area contributed by atoms with Crippen molar-refractivity contribution in [3.63, 3.8) is 0 Å². The number of halogens is 1. The van der Waals surface area contributed by atoms with E-state index in [4.69, 9.17) is 14.9 Å². The fraction of sp³-hybridized carbons (Fsp3) is 0.538. The molecule has 1 aromatic carbocycles. The average Bonchev–Trinajstić information content (AvgIpc) is 2.82. The molecule has 1 saturated heterocycles. The van der Waals surface area contributed by atoms with Crippen molar-refractivity contribution in [2.75, 3.05) is 20.2 Å². The maximum absolute atomic E-state index is 9.11. The molecule has 1 aliphatic rings. The number of aliphatic hydroxyl groups excluding tert-OH is 1. The number of aliphatic hydroxyl groups is 2. The molecule has 0 spiro atoms. The van der Waals surface area contributed by atoms with Crippen LogP contribution in [-0.2, 0) is 6.54 Å². The minimum absolute atomic E-state index is 0. The predicted molar refractivity (Wildman–Crippen MR) is 71.9 cm³/mol. The Bertz CT molecular complexity index is 378. The third-order valence-corrected chi connectivity index (χ3v) is 3.20. The van der Waals surface area contributed by atoms with Gasteiger partial charge in [-0.3, -0.25) is 4.90 Å². The second-order valence-corrected chi connectivity index (χ2v) is 4.43. The fourth-order valence-corrected chi connectivity index (χ4v) is 2.23. The van der Waals surface area contributed by atoms with E-state index in [1.807, 2.05) is 6.07 Å². The zero-order valence-electron chi connectivity index (χ0n) is 10.5. The Labute approximate surface area is 114 Å². The SMILES string of the molecule is COc1cc(C(O)O)ccc1CN1CCCC1.Cl. The van der Waals surface area contributed by atoms with Gasteiger partial charge in [-0.25, -0.2) is 0 Å². The molecule has 1 heterocycles. The first kappa shape index (κ1) is 15.2. The minimum Gasteiger partial charge on any atom is -0.496 e. The molecule has 0 aliphatic carbocycles. The lowest BCUT2D eigenvalue weighted by Gasteiger charge is -2.17. The smallest absolute Gasteiger partial charge is 0.178 e. The van der Waals surface area contributed by atoms with Gasteiger partial charge in [-0.15, -0.1) is 12.4 Å². The molecule has 0 amide bonds. The molecule has 1 aromatic rings. The Morgan fingerprint density at radius 1 is 1.28 bits per heavy atom. The maximum atomic E-state index is 9.11. The van der Waals surface area contributed by atoms with Gasteiger partial charge in [0.1, 0.15) is 5.75 Å². The van der Waals surface area contributed by atoms with Gasteiger partial charge in [0.15, 0.2) is 6.29 Å². The molecule has 0 radical (unpaired) electrons. The normalized spacial score (nSPS) is 15.8. The molecule has 0 unspecified atom stereocenters. The van der Waals surface area contributed by atoms with E-state index < -0.39 is 6.29 Å². The van der Waals surface area contributed by atoms with Crippen LogP contribution in [0, 0.1) is 0 Å². The summed E-state index contributed by atoms with van der Waals surface area (Å²) in [6.07, 6.45) is 1.08. The van der Waals surface area contributed by atoms with Gasteiger partial charge < -0.3 is 14.9 Å². The Morgan fingerprint density at radius 2 is 1.94 bits per heavy atom. The third kappa shape index (κ3) is 3.59. The van der Waals surface area contributed by atoms with Crippen molar-refractivity contribution < 1.29 is 14.9 Å². The first-order valence-corrected chi connectivity index (χ1v) is 5.96. The van der Waals surface area contributed by atoms with Crippen LogP contribution in [0.3, 0.4) is 0 Å². The van der Waals surface area contributed by atoms with Crippen LogP contribution in [-0.4, -0.2) is 35.3 Å². The van der Waals surface area contributed by atoms with Crippen LogP contribution in [0.4, 0.5) is 0 Å². The van der Waals surface area contributed by atoms with Crippen molar-refractivity contribution in [1.82, 2.24) is 4.90 Å². The van der Waals surface area contributed by atoms with E-state index in [0.717, 1.165) is 30.9 Å². The summed E-state index contributed by atoms with van der Waals surface area (Å²) in [6.45, 7) is 3.13. The quantitative estimate of drug-likeness (QED) is 0.820. The highest BCUT2D eigenvalue weighted by Gasteiger charge is 2.15. The Balaban J connectivity index is 0.00000162. The summed E-state index contributed by atoms with van der Waals surface area (Å²) in [5.41, 5.74) is 1.56. The van der Waals surface area contributed by atoms with Crippen LogP contribution < -0.4 is 4.74 Å². The van der Waals surface area contributed by atoms with E-state index in [-0.39, 0.29) is 12.4 Å². The zero-order chi connectivity index (χ0) is 12.3. The Morgan fingerprint density at radius 3 is 2.50 bits per heavy atom. The number of nitrogens with zero attached hydrogens (tertiary/aromatic N) is 1. The largest absolute Gasteiger partial charge is 0.496 e. The molecule has 0 saturated carbocycles. The van der Waals surface area contributed by atoms with Gasteiger partial charge in [0.2, 0.25) is 0 Å². The summed E-state index contributed by atoms with van der Waals surface area (Å²) in [6, 6.07) is 5.33. The maximum Gasteiger partial charge on any atom is 0.178 e. The monoisotopic (exact) mass is 273 g/mol. The highest BCUT2D eigenvalue weighted by Crippen LogP contribution is 2.25. The van der Waals surface area contributed by atoms with Gasteiger partial charge >= 0.3 is 0 Å². The summed E-state index contributed by atoms with van der Waals surface area (Å²) in [5, 5.41) is 18.2. The molecule has 1 aliphatic heterocycles. The average molecular weight is 274 g/mol. The van der Waals surface area contributed by atoms with Crippen LogP contribution in [0.2, 0.25) is 0 Å². The van der Waals surface area contributed by atoms with Crippen LogP contribution in [0.5, 0.6) is 5.75 Å². The van der Waals surface area contributed by atoms with Crippen LogP contribution >= 0.6 is 12.4 Å². The molecule has 0 bridgehead atoms. The lowest BCUT2D eigenvalue weighted by atomic mass is 10.1. The molecule has 0 atom stereocenters. The van der Waals surface area contributed by atoms with Gasteiger partial charge in [0.25, 0.3) is 0 Å². The van der Waals surface area contributed by atoms with Gasteiger partial charge in [-0.2, -0.15) is 0 Å². The predicted octanol–water partition coefficient (Wildman–Crippen LogP) is 1.70. The second-order valence-electron chi connectivity index (χ2n) is 4.43. The summed E-state index contributed by atoms with van der Waals surface area (Å²) in [5.74, 6) is 0.725. The van der Waals surface area contributed by atoms with E-state index in [0.29, 0.717) is 5.56 Å². The van der Waals surface area contributed by atoms with E-state index in [2.05, 4.69) is 4.90 Å². The molecule has 0 aromatic heterocycles. The third-order valence-electron chi connectivity index (χ3n) is 3.20. The van der Waals surface area contributed by atoms with Crippen molar-refractivity contribution in [2.45, 2.75) is 25.7 Å². The number of methoxy groups -OCH3 is 1. The zero-order valence-corrected chi connectivity index (χ0v) is 11.3. The molecule has 2 rings (SSSR count). The molecule has 2 N–H and O–H groups in total. The molecule has 1 fully saturated rings. The molecule has 18 heavy (non-hydrogen) atoms. The number of benzene rings is 1. The van der Waals surface area contributed by atoms with E-state index in [9.17, 15) is 0 Å². The van der Waals surface area contributed by atoms with Gasteiger partial charge in [-0.05, 0) is 32.0 Å². The van der Waals surface area contributed by atoms with Crippen LogP contribution in [0.1, 0.15) is 30.3 Å².